The van der Waals surface area contributed by atoms with E-state index in [-0.39, 0.29) is 31.1 Å². The van der Waals surface area contributed by atoms with Crippen molar-refractivity contribution in [1.29, 1.82) is 0 Å². The molecule has 0 aromatic carbocycles. The zero-order chi connectivity index (χ0) is 44.4. The SMILES string of the molecule is CCCC/C=C\CCCCCCCC(=O)OC[C@H](COC(=O)CCCCCC/C=C\C/C=C\C/C=C\CCCCC)OC(=O)CCCCCCC/C=C\CCCCCCCC. The van der Waals surface area contributed by atoms with Crippen molar-refractivity contribution in [3.63, 3.8) is 0 Å². The lowest BCUT2D eigenvalue weighted by molar-refractivity contribution is -0.167. The summed E-state index contributed by atoms with van der Waals surface area (Å²) >= 11 is 0. The average Bonchev–Trinajstić information content (AvgIpc) is 3.26. The summed E-state index contributed by atoms with van der Waals surface area (Å²) in [4.78, 5) is 37.9. The number of esters is 3. The van der Waals surface area contributed by atoms with E-state index < -0.39 is 6.10 Å². The Hall–Kier alpha value is -2.89. The monoisotopic (exact) mass is 853 g/mol. The van der Waals surface area contributed by atoms with Gasteiger partial charge in [0.2, 0.25) is 0 Å². The van der Waals surface area contributed by atoms with Crippen molar-refractivity contribution in [2.24, 2.45) is 0 Å². The molecule has 1 atom stereocenters. The normalized spacial score (nSPS) is 12.5. The number of hydrogen-bond acceptors (Lipinski definition) is 6. The van der Waals surface area contributed by atoms with Gasteiger partial charge in [-0.1, -0.05) is 191 Å². The van der Waals surface area contributed by atoms with E-state index in [1.165, 1.54) is 109 Å². The minimum atomic E-state index is -0.789. The molecule has 0 unspecified atom stereocenters. The third-order valence-corrected chi connectivity index (χ3v) is 11.0. The molecule has 0 aromatic rings. The fraction of sp³-hybridized carbons (Fsp3) is 0.764. The van der Waals surface area contributed by atoms with Gasteiger partial charge in [-0.05, 0) is 103 Å². The van der Waals surface area contributed by atoms with Gasteiger partial charge in [0, 0.05) is 19.3 Å². The summed E-state index contributed by atoms with van der Waals surface area (Å²) in [6, 6.07) is 0. The molecule has 0 rings (SSSR count). The van der Waals surface area contributed by atoms with Crippen LogP contribution in [0, 0.1) is 0 Å². The highest BCUT2D eigenvalue weighted by Gasteiger charge is 2.19. The predicted molar refractivity (Wildman–Crippen MR) is 261 cm³/mol. The smallest absolute Gasteiger partial charge is 0.306 e. The first kappa shape index (κ1) is 58.1. The Morgan fingerprint density at radius 3 is 1.02 bits per heavy atom. The second-order valence-corrected chi connectivity index (χ2v) is 17.1. The van der Waals surface area contributed by atoms with Crippen molar-refractivity contribution in [2.75, 3.05) is 13.2 Å². The molecule has 6 nitrogen and oxygen atoms in total. The molecule has 0 aliphatic rings. The number of rotatable bonds is 46. The maximum absolute atomic E-state index is 12.8. The summed E-state index contributed by atoms with van der Waals surface area (Å²) in [7, 11) is 0. The van der Waals surface area contributed by atoms with E-state index in [2.05, 4.69) is 81.5 Å². The number of carbonyl (C=O) groups excluding carboxylic acids is 3. The second kappa shape index (κ2) is 49.8. The molecule has 61 heavy (non-hydrogen) atoms. The van der Waals surface area contributed by atoms with Gasteiger partial charge in [0.05, 0.1) is 0 Å². The fourth-order valence-corrected chi connectivity index (χ4v) is 7.01. The largest absolute Gasteiger partial charge is 0.462 e. The Morgan fingerprint density at radius 1 is 0.328 bits per heavy atom. The summed E-state index contributed by atoms with van der Waals surface area (Å²) in [6.45, 7) is 6.53. The number of carbonyl (C=O) groups is 3. The van der Waals surface area contributed by atoms with Crippen LogP contribution >= 0.6 is 0 Å². The van der Waals surface area contributed by atoms with Crippen LogP contribution in [0.1, 0.15) is 252 Å². The average molecular weight is 853 g/mol. The standard InChI is InChI=1S/C55H96O6/c1-4-7-10-13-16-19-22-24-26-27-29-30-33-36-39-42-45-48-54(57)60-51-52(50-59-53(56)47-44-41-38-35-32-21-18-15-12-9-6-3)61-55(58)49-46-43-40-37-34-31-28-25-23-20-17-14-11-8-5-2/h15-16,18-19,24-26,28-30,52H,4-14,17,20-23,27,31-51H2,1-3H3/b18-15-,19-16-,26-24-,28-25-,30-29-/t52-/m1/s1. The van der Waals surface area contributed by atoms with E-state index in [1.54, 1.807) is 0 Å². The predicted octanol–water partition coefficient (Wildman–Crippen LogP) is 16.9. The van der Waals surface area contributed by atoms with Gasteiger partial charge in [0.25, 0.3) is 0 Å². The topological polar surface area (TPSA) is 78.9 Å². The molecule has 0 aliphatic carbocycles. The molecule has 0 amide bonds. The van der Waals surface area contributed by atoms with Gasteiger partial charge in [0.15, 0.2) is 6.10 Å². The van der Waals surface area contributed by atoms with E-state index in [9.17, 15) is 14.4 Å². The first-order valence-corrected chi connectivity index (χ1v) is 25.8. The molecule has 352 valence electrons. The molecule has 0 spiro atoms. The molecule has 0 saturated carbocycles. The molecule has 0 fully saturated rings. The van der Waals surface area contributed by atoms with Crippen LogP contribution in [0.5, 0.6) is 0 Å². The van der Waals surface area contributed by atoms with Crippen molar-refractivity contribution in [3.05, 3.63) is 60.8 Å². The molecule has 0 N–H and O–H groups in total. The van der Waals surface area contributed by atoms with Gasteiger partial charge in [-0.25, -0.2) is 0 Å². The molecule has 0 radical (unpaired) electrons. The fourth-order valence-electron chi connectivity index (χ4n) is 7.01. The highest BCUT2D eigenvalue weighted by Crippen LogP contribution is 2.13. The molecular formula is C55H96O6. The van der Waals surface area contributed by atoms with E-state index in [1.807, 2.05) is 0 Å². The Balaban J connectivity index is 4.42. The van der Waals surface area contributed by atoms with Crippen LogP contribution in [0.15, 0.2) is 60.8 Å². The highest BCUT2D eigenvalue weighted by molar-refractivity contribution is 5.71. The lowest BCUT2D eigenvalue weighted by atomic mass is 10.1. The van der Waals surface area contributed by atoms with Gasteiger partial charge in [-0.3, -0.25) is 14.4 Å². The molecule has 0 bridgehead atoms. The summed E-state index contributed by atoms with van der Waals surface area (Å²) in [6.07, 6.45) is 60.6. The molecule has 0 saturated heterocycles. The van der Waals surface area contributed by atoms with Crippen LogP contribution in [-0.4, -0.2) is 37.2 Å². The van der Waals surface area contributed by atoms with Crippen LogP contribution in [0.4, 0.5) is 0 Å². The van der Waals surface area contributed by atoms with Crippen LogP contribution < -0.4 is 0 Å². The van der Waals surface area contributed by atoms with Crippen LogP contribution in [0.25, 0.3) is 0 Å². The van der Waals surface area contributed by atoms with Gasteiger partial charge in [-0.2, -0.15) is 0 Å². The highest BCUT2D eigenvalue weighted by atomic mass is 16.6. The molecule has 0 aliphatic heterocycles. The number of ether oxygens (including phenoxy) is 3. The lowest BCUT2D eigenvalue weighted by Gasteiger charge is -2.18. The van der Waals surface area contributed by atoms with Crippen molar-refractivity contribution in [2.45, 2.75) is 258 Å². The van der Waals surface area contributed by atoms with Crippen LogP contribution in [0.3, 0.4) is 0 Å². The van der Waals surface area contributed by atoms with E-state index in [4.69, 9.17) is 14.2 Å². The lowest BCUT2D eigenvalue weighted by Crippen LogP contribution is -2.30. The van der Waals surface area contributed by atoms with Crippen LogP contribution in [-0.2, 0) is 28.6 Å². The van der Waals surface area contributed by atoms with Crippen LogP contribution in [0.2, 0.25) is 0 Å². The molecule has 6 heteroatoms. The summed E-state index contributed by atoms with van der Waals surface area (Å²) in [5, 5.41) is 0. The Morgan fingerprint density at radius 2 is 0.607 bits per heavy atom. The van der Waals surface area contributed by atoms with E-state index in [0.717, 1.165) is 103 Å². The second-order valence-electron chi connectivity index (χ2n) is 17.1. The quantitative estimate of drug-likeness (QED) is 0.0263. The van der Waals surface area contributed by atoms with Crippen molar-refractivity contribution >= 4 is 17.9 Å². The molecule has 0 aromatic heterocycles. The number of hydrogen-bond donors (Lipinski definition) is 0. The zero-order valence-corrected chi connectivity index (χ0v) is 40.2. The summed E-state index contributed by atoms with van der Waals surface area (Å²) < 4.78 is 16.8. The molecule has 0 heterocycles. The van der Waals surface area contributed by atoms with Gasteiger partial charge in [-0.15, -0.1) is 0 Å². The van der Waals surface area contributed by atoms with E-state index >= 15 is 0 Å². The van der Waals surface area contributed by atoms with E-state index in [0.29, 0.717) is 19.3 Å². The Labute approximate surface area is 377 Å². The number of unbranched alkanes of at least 4 members (excludes halogenated alkanes) is 25. The molecular weight excluding hydrogens is 757 g/mol. The minimum absolute atomic E-state index is 0.0892. The van der Waals surface area contributed by atoms with Gasteiger partial charge >= 0.3 is 17.9 Å². The van der Waals surface area contributed by atoms with Crippen molar-refractivity contribution < 1.29 is 28.6 Å². The maximum Gasteiger partial charge on any atom is 0.306 e. The number of allylic oxidation sites excluding steroid dienone is 10. The zero-order valence-electron chi connectivity index (χ0n) is 40.2. The first-order valence-electron chi connectivity index (χ1n) is 25.8. The Bertz CT molecular complexity index is 1120. The maximum atomic E-state index is 12.8. The van der Waals surface area contributed by atoms with Gasteiger partial charge in [0.1, 0.15) is 13.2 Å². The third kappa shape index (κ3) is 48.0. The van der Waals surface area contributed by atoms with Crippen molar-refractivity contribution in [3.8, 4) is 0 Å². The Kier molecular flexibility index (Phi) is 47.4. The summed E-state index contributed by atoms with van der Waals surface area (Å²) in [5.74, 6) is -0.926. The summed E-state index contributed by atoms with van der Waals surface area (Å²) in [5.41, 5.74) is 0. The van der Waals surface area contributed by atoms with Gasteiger partial charge < -0.3 is 14.2 Å². The van der Waals surface area contributed by atoms with Crippen molar-refractivity contribution in [1.82, 2.24) is 0 Å². The third-order valence-electron chi connectivity index (χ3n) is 11.0. The minimum Gasteiger partial charge on any atom is -0.462 e. The first-order chi connectivity index (χ1) is 30.0.